The minimum Gasteiger partial charge on any atom is -0.462 e. The highest BCUT2D eigenvalue weighted by molar-refractivity contribution is 5.64. The van der Waals surface area contributed by atoms with Crippen molar-refractivity contribution in [2.45, 2.75) is 52.4 Å². The van der Waals surface area contributed by atoms with Gasteiger partial charge in [0, 0.05) is 5.56 Å². The van der Waals surface area contributed by atoms with Crippen LogP contribution in [0.1, 0.15) is 49.8 Å². The quantitative estimate of drug-likeness (QED) is 0.229. The average Bonchev–Trinajstić information content (AvgIpc) is 2.80. The maximum atomic E-state index is 14.8. The van der Waals surface area contributed by atoms with E-state index in [4.69, 9.17) is 4.74 Å². The molecule has 3 rings (SSSR count). The first kappa shape index (κ1) is 23.6. The summed E-state index contributed by atoms with van der Waals surface area (Å²) in [5, 5.41) is 0. The predicted octanol–water partition coefficient (Wildman–Crippen LogP) is 8.20. The molecule has 0 saturated heterocycles. The Morgan fingerprint density at radius 1 is 0.781 bits per heavy atom. The van der Waals surface area contributed by atoms with E-state index in [1.807, 2.05) is 18.2 Å². The van der Waals surface area contributed by atoms with E-state index in [9.17, 15) is 13.2 Å². The molecule has 0 bridgehead atoms. The number of rotatable bonds is 10. The number of ether oxygens (including phenoxy) is 1. The molecule has 0 aliphatic rings. The van der Waals surface area contributed by atoms with Crippen molar-refractivity contribution in [3.63, 3.8) is 0 Å². The first-order valence-corrected chi connectivity index (χ1v) is 11.2. The number of hydrogen-bond acceptors (Lipinski definition) is 1. The molecule has 3 aromatic carbocycles. The number of unbranched alkanes of at least 4 members (excludes halogenated alkanes) is 2. The second-order valence-corrected chi connectivity index (χ2v) is 7.91. The van der Waals surface area contributed by atoms with Crippen LogP contribution in [0.2, 0.25) is 0 Å². The van der Waals surface area contributed by atoms with E-state index < -0.39 is 11.6 Å². The molecule has 0 amide bonds. The van der Waals surface area contributed by atoms with Gasteiger partial charge in [0.2, 0.25) is 5.82 Å². The van der Waals surface area contributed by atoms with Crippen molar-refractivity contribution in [1.29, 1.82) is 0 Å². The van der Waals surface area contributed by atoms with E-state index >= 15 is 0 Å². The van der Waals surface area contributed by atoms with Crippen LogP contribution in [0.25, 0.3) is 11.1 Å². The van der Waals surface area contributed by atoms with Crippen LogP contribution in [0.5, 0.6) is 5.75 Å². The van der Waals surface area contributed by atoms with Crippen LogP contribution in [0, 0.1) is 17.5 Å². The fraction of sp³-hybridized carbons (Fsp3) is 0.286. The van der Waals surface area contributed by atoms with Crippen LogP contribution in [0.4, 0.5) is 13.2 Å². The lowest BCUT2D eigenvalue weighted by Gasteiger charge is -2.10. The molecule has 168 valence electrons. The van der Waals surface area contributed by atoms with Crippen LogP contribution in [-0.2, 0) is 19.3 Å². The van der Waals surface area contributed by atoms with Crippen LogP contribution in [0.15, 0.2) is 66.9 Å². The van der Waals surface area contributed by atoms with E-state index in [2.05, 4.69) is 19.1 Å². The number of benzene rings is 3. The van der Waals surface area contributed by atoms with Gasteiger partial charge in [0.05, 0.1) is 6.26 Å². The molecular weight excluding hydrogens is 409 g/mol. The van der Waals surface area contributed by atoms with Gasteiger partial charge in [-0.2, -0.15) is 4.39 Å². The fourth-order valence-corrected chi connectivity index (χ4v) is 3.65. The Kier molecular flexibility index (Phi) is 8.55. The SMILES string of the molecule is CC=COc1ccc(CCc2ccc(-c3ccc(CCCCC)cc3)c(F)c2)c(F)c1F. The Hall–Kier alpha value is -3.01. The molecule has 0 aliphatic heterocycles. The lowest BCUT2D eigenvalue weighted by Crippen LogP contribution is -2.00. The van der Waals surface area contributed by atoms with E-state index in [-0.39, 0.29) is 23.6 Å². The van der Waals surface area contributed by atoms with Crippen LogP contribution >= 0.6 is 0 Å². The highest BCUT2D eigenvalue weighted by Gasteiger charge is 2.14. The van der Waals surface area contributed by atoms with Crippen molar-refractivity contribution < 1.29 is 17.9 Å². The highest BCUT2D eigenvalue weighted by atomic mass is 19.2. The van der Waals surface area contributed by atoms with Gasteiger partial charge in [-0.3, -0.25) is 0 Å². The van der Waals surface area contributed by atoms with Crippen LogP contribution < -0.4 is 4.74 Å². The predicted molar refractivity (Wildman–Crippen MR) is 124 cm³/mol. The number of aryl methyl sites for hydroxylation is 3. The second kappa shape index (κ2) is 11.6. The highest BCUT2D eigenvalue weighted by Crippen LogP contribution is 2.27. The number of hydrogen-bond donors (Lipinski definition) is 0. The van der Waals surface area contributed by atoms with Gasteiger partial charge in [0.15, 0.2) is 11.6 Å². The third-order valence-electron chi connectivity index (χ3n) is 5.51. The molecule has 0 aromatic heterocycles. The van der Waals surface area contributed by atoms with Crippen molar-refractivity contribution in [1.82, 2.24) is 0 Å². The third kappa shape index (κ3) is 6.03. The zero-order valence-corrected chi connectivity index (χ0v) is 18.6. The Bertz CT molecular complexity index is 1060. The van der Waals surface area contributed by atoms with E-state index in [1.54, 1.807) is 19.1 Å². The fourth-order valence-electron chi connectivity index (χ4n) is 3.65. The molecule has 0 spiro atoms. The zero-order chi connectivity index (χ0) is 22.9. The topological polar surface area (TPSA) is 9.23 Å². The van der Waals surface area contributed by atoms with Gasteiger partial charge in [0.1, 0.15) is 5.82 Å². The normalized spacial score (nSPS) is 11.3. The second-order valence-electron chi connectivity index (χ2n) is 7.91. The van der Waals surface area contributed by atoms with Crippen molar-refractivity contribution in [2.75, 3.05) is 0 Å². The van der Waals surface area contributed by atoms with E-state index in [0.29, 0.717) is 12.0 Å². The summed E-state index contributed by atoms with van der Waals surface area (Å²) < 4.78 is 48.3. The Labute approximate surface area is 188 Å². The van der Waals surface area contributed by atoms with Crippen molar-refractivity contribution in [3.05, 3.63) is 101 Å². The van der Waals surface area contributed by atoms with Gasteiger partial charge in [-0.15, -0.1) is 0 Å². The van der Waals surface area contributed by atoms with Crippen LogP contribution in [0.3, 0.4) is 0 Å². The summed E-state index contributed by atoms with van der Waals surface area (Å²) in [4.78, 5) is 0. The number of halogens is 3. The van der Waals surface area contributed by atoms with Crippen molar-refractivity contribution in [3.8, 4) is 16.9 Å². The Morgan fingerprint density at radius 2 is 1.53 bits per heavy atom. The van der Waals surface area contributed by atoms with Gasteiger partial charge in [-0.1, -0.05) is 68.3 Å². The van der Waals surface area contributed by atoms with Gasteiger partial charge in [-0.05, 0) is 67.0 Å². The maximum Gasteiger partial charge on any atom is 0.201 e. The van der Waals surface area contributed by atoms with Crippen molar-refractivity contribution >= 4 is 0 Å². The molecule has 0 atom stereocenters. The average molecular weight is 439 g/mol. The molecule has 0 unspecified atom stereocenters. The van der Waals surface area contributed by atoms with Gasteiger partial charge >= 0.3 is 0 Å². The zero-order valence-electron chi connectivity index (χ0n) is 18.6. The molecule has 0 saturated carbocycles. The molecule has 3 aromatic rings. The Morgan fingerprint density at radius 3 is 2.22 bits per heavy atom. The standard InChI is InChI=1S/C28H29F3O/c1-3-5-6-7-20-8-12-22(13-9-20)24-16-11-21(19-25(24)29)10-14-23-15-17-26(32-18-4-2)28(31)27(23)30/h4,8-9,11-13,15-19H,3,5-7,10,14H2,1-2H3. The molecule has 0 heterocycles. The molecule has 1 nitrogen and oxygen atoms in total. The lowest BCUT2D eigenvalue weighted by molar-refractivity contribution is 0.411. The minimum absolute atomic E-state index is 0.156. The number of allylic oxidation sites excluding steroid dienone is 1. The monoisotopic (exact) mass is 438 g/mol. The minimum atomic E-state index is -1.01. The molecule has 4 heteroatoms. The van der Waals surface area contributed by atoms with Crippen molar-refractivity contribution in [2.24, 2.45) is 0 Å². The first-order chi connectivity index (χ1) is 15.5. The summed E-state index contributed by atoms with van der Waals surface area (Å²) in [6.07, 6.45) is 8.14. The summed E-state index contributed by atoms with van der Waals surface area (Å²) >= 11 is 0. The third-order valence-corrected chi connectivity index (χ3v) is 5.51. The molecule has 0 aliphatic carbocycles. The summed E-state index contributed by atoms with van der Waals surface area (Å²) in [6.45, 7) is 3.90. The molecule has 32 heavy (non-hydrogen) atoms. The Balaban J connectivity index is 1.66. The molecular formula is C28H29F3O. The molecule has 0 N–H and O–H groups in total. The lowest BCUT2D eigenvalue weighted by atomic mass is 9.98. The van der Waals surface area contributed by atoms with Gasteiger partial charge < -0.3 is 4.74 Å². The summed E-state index contributed by atoms with van der Waals surface area (Å²) in [5.41, 5.74) is 3.60. The van der Waals surface area contributed by atoms with Gasteiger partial charge in [-0.25, -0.2) is 8.78 Å². The van der Waals surface area contributed by atoms with E-state index in [0.717, 1.165) is 24.0 Å². The summed E-state index contributed by atoms with van der Waals surface area (Å²) in [5.74, 6) is -2.41. The largest absolute Gasteiger partial charge is 0.462 e. The summed E-state index contributed by atoms with van der Waals surface area (Å²) in [6, 6.07) is 16.0. The smallest absolute Gasteiger partial charge is 0.201 e. The summed E-state index contributed by atoms with van der Waals surface area (Å²) in [7, 11) is 0. The first-order valence-electron chi connectivity index (χ1n) is 11.2. The maximum absolute atomic E-state index is 14.8. The van der Waals surface area contributed by atoms with Gasteiger partial charge in [0.25, 0.3) is 0 Å². The van der Waals surface area contributed by atoms with Crippen LogP contribution in [-0.4, -0.2) is 0 Å². The van der Waals surface area contributed by atoms with E-state index in [1.165, 1.54) is 42.9 Å². The molecule has 0 fully saturated rings. The molecule has 0 radical (unpaired) electrons.